The lowest BCUT2D eigenvalue weighted by Gasteiger charge is -2.23. The van der Waals surface area contributed by atoms with E-state index in [9.17, 15) is 14.7 Å². The molecule has 0 heterocycles. The number of alkyl carbamates (subject to hydrolysis) is 1. The van der Waals surface area contributed by atoms with Crippen molar-refractivity contribution in [3.05, 3.63) is 0 Å². The van der Waals surface area contributed by atoms with Gasteiger partial charge in [-0.05, 0) is 33.6 Å². The van der Waals surface area contributed by atoms with Gasteiger partial charge in [0.1, 0.15) is 24.4 Å². The maximum absolute atomic E-state index is 12.0. The van der Waals surface area contributed by atoms with E-state index in [-0.39, 0.29) is 25.5 Å². The van der Waals surface area contributed by atoms with Crippen molar-refractivity contribution in [3.63, 3.8) is 0 Å². The highest BCUT2D eigenvalue weighted by Crippen LogP contribution is 2.08. The average Bonchev–Trinajstić information content (AvgIpc) is 2.45. The monoisotopic (exact) mass is 348 g/mol. The van der Waals surface area contributed by atoms with Crippen LogP contribution in [-0.2, 0) is 14.3 Å². The fourth-order valence-electron chi connectivity index (χ4n) is 1.53. The lowest BCUT2D eigenvalue weighted by atomic mass is 10.1. The largest absolute Gasteiger partial charge is 0.461 e. The summed E-state index contributed by atoms with van der Waals surface area (Å²) in [5, 5.41) is 20.3. The standard InChI is InChI=1S/C14H28N4O6/c1-14(2,3)24-13(22)18-10(5-4-6-17-12(15)16)11(21)23-8-9(20)7-19/h9-10,19-20H,4-8H2,1-3H3,(H,18,22)(H4,15,16,17)/t9-,10+/m1/s1. The molecule has 0 aromatic rings. The van der Waals surface area contributed by atoms with E-state index in [1.807, 2.05) is 0 Å². The van der Waals surface area contributed by atoms with E-state index in [0.29, 0.717) is 6.42 Å². The predicted octanol–water partition coefficient (Wildman–Crippen LogP) is -1.17. The van der Waals surface area contributed by atoms with Crippen molar-refractivity contribution < 1.29 is 29.3 Å². The summed E-state index contributed by atoms with van der Waals surface area (Å²) in [5.41, 5.74) is 9.70. The van der Waals surface area contributed by atoms with Gasteiger partial charge in [0.25, 0.3) is 0 Å². The number of carbonyl (C=O) groups excluding carboxylic acids is 2. The van der Waals surface area contributed by atoms with Gasteiger partial charge in [0.2, 0.25) is 0 Å². The number of aliphatic imine (C=N–C) groups is 1. The van der Waals surface area contributed by atoms with E-state index in [1.165, 1.54) is 0 Å². The molecule has 0 bridgehead atoms. The minimum atomic E-state index is -1.18. The molecular formula is C14H28N4O6. The van der Waals surface area contributed by atoms with Crippen LogP contribution in [0, 0.1) is 0 Å². The summed E-state index contributed by atoms with van der Waals surface area (Å²) in [4.78, 5) is 27.6. The van der Waals surface area contributed by atoms with Crippen molar-refractivity contribution in [3.8, 4) is 0 Å². The van der Waals surface area contributed by atoms with Gasteiger partial charge >= 0.3 is 12.1 Å². The highest BCUT2D eigenvalue weighted by atomic mass is 16.6. The molecule has 0 spiro atoms. The highest BCUT2D eigenvalue weighted by Gasteiger charge is 2.25. The van der Waals surface area contributed by atoms with Crippen molar-refractivity contribution in [1.82, 2.24) is 5.32 Å². The van der Waals surface area contributed by atoms with Crippen molar-refractivity contribution in [2.24, 2.45) is 16.5 Å². The van der Waals surface area contributed by atoms with Crippen LogP contribution in [0.4, 0.5) is 4.79 Å². The molecule has 0 saturated carbocycles. The van der Waals surface area contributed by atoms with Gasteiger partial charge < -0.3 is 36.5 Å². The summed E-state index contributed by atoms with van der Waals surface area (Å²) in [5.74, 6) is -0.821. The number of nitrogens with one attached hydrogen (secondary N) is 1. The highest BCUT2D eigenvalue weighted by molar-refractivity contribution is 5.81. The molecule has 0 aliphatic heterocycles. The third-order valence-corrected chi connectivity index (χ3v) is 2.55. The number of carbonyl (C=O) groups is 2. The predicted molar refractivity (Wildman–Crippen MR) is 87.1 cm³/mol. The van der Waals surface area contributed by atoms with Gasteiger partial charge in [0, 0.05) is 6.54 Å². The molecule has 0 rings (SSSR count). The zero-order chi connectivity index (χ0) is 18.8. The van der Waals surface area contributed by atoms with Crippen LogP contribution in [0.5, 0.6) is 0 Å². The summed E-state index contributed by atoms with van der Waals surface area (Å²) < 4.78 is 9.96. The Labute approximate surface area is 141 Å². The number of esters is 1. The molecular weight excluding hydrogens is 320 g/mol. The second kappa shape index (κ2) is 10.7. The molecule has 0 aliphatic carbocycles. The van der Waals surface area contributed by atoms with Gasteiger partial charge in [-0.1, -0.05) is 0 Å². The number of hydrogen-bond acceptors (Lipinski definition) is 7. The molecule has 0 unspecified atom stereocenters. The molecule has 140 valence electrons. The average molecular weight is 348 g/mol. The summed E-state index contributed by atoms with van der Waals surface area (Å²) in [6.07, 6.45) is -1.33. The Morgan fingerprint density at radius 1 is 1.29 bits per heavy atom. The van der Waals surface area contributed by atoms with Gasteiger partial charge in [0.15, 0.2) is 5.96 Å². The summed E-state index contributed by atoms with van der Waals surface area (Å²) in [7, 11) is 0. The van der Waals surface area contributed by atoms with Gasteiger partial charge in [-0.2, -0.15) is 0 Å². The third kappa shape index (κ3) is 11.5. The number of ether oxygens (including phenoxy) is 2. The lowest BCUT2D eigenvalue weighted by Crippen LogP contribution is -2.45. The number of nitrogens with two attached hydrogens (primary N) is 2. The van der Waals surface area contributed by atoms with E-state index in [0.717, 1.165) is 0 Å². The normalized spacial score (nSPS) is 13.5. The summed E-state index contributed by atoms with van der Waals surface area (Å²) >= 11 is 0. The Bertz CT molecular complexity index is 431. The lowest BCUT2D eigenvalue weighted by molar-refractivity contribution is -0.150. The first kappa shape index (κ1) is 21.9. The molecule has 0 aromatic heterocycles. The number of rotatable bonds is 9. The van der Waals surface area contributed by atoms with E-state index >= 15 is 0 Å². The van der Waals surface area contributed by atoms with Crippen LogP contribution >= 0.6 is 0 Å². The third-order valence-electron chi connectivity index (χ3n) is 2.55. The van der Waals surface area contributed by atoms with Crippen LogP contribution in [0.25, 0.3) is 0 Å². The first-order chi connectivity index (χ1) is 11.0. The van der Waals surface area contributed by atoms with E-state index < -0.39 is 36.4 Å². The summed E-state index contributed by atoms with van der Waals surface area (Å²) in [6.45, 7) is 4.43. The van der Waals surface area contributed by atoms with Crippen LogP contribution < -0.4 is 16.8 Å². The zero-order valence-corrected chi connectivity index (χ0v) is 14.3. The molecule has 24 heavy (non-hydrogen) atoms. The Kier molecular flexibility index (Phi) is 9.74. The Morgan fingerprint density at radius 3 is 2.42 bits per heavy atom. The Morgan fingerprint density at radius 2 is 1.92 bits per heavy atom. The Hall–Kier alpha value is -2.07. The van der Waals surface area contributed by atoms with Gasteiger partial charge in [-0.15, -0.1) is 0 Å². The minimum absolute atomic E-state index is 0.0692. The molecule has 0 saturated heterocycles. The summed E-state index contributed by atoms with van der Waals surface area (Å²) in [6, 6.07) is -0.986. The number of hydrogen-bond donors (Lipinski definition) is 5. The SMILES string of the molecule is CC(C)(C)OC(=O)N[C@@H](CCCN=C(N)N)C(=O)OC[C@H](O)CO. The fraction of sp³-hybridized carbons (Fsp3) is 0.786. The van der Waals surface area contributed by atoms with Gasteiger partial charge in [0.05, 0.1) is 6.61 Å². The van der Waals surface area contributed by atoms with Crippen LogP contribution in [0.2, 0.25) is 0 Å². The molecule has 0 radical (unpaired) electrons. The molecule has 7 N–H and O–H groups in total. The van der Waals surface area contributed by atoms with Crippen molar-refractivity contribution in [2.45, 2.75) is 51.4 Å². The number of nitrogens with zero attached hydrogens (tertiary/aromatic N) is 1. The smallest absolute Gasteiger partial charge is 0.408 e. The van der Waals surface area contributed by atoms with Gasteiger partial charge in [-0.3, -0.25) is 4.99 Å². The molecule has 10 nitrogen and oxygen atoms in total. The van der Waals surface area contributed by atoms with Crippen molar-refractivity contribution in [1.29, 1.82) is 0 Å². The molecule has 0 aliphatic rings. The topological polar surface area (TPSA) is 169 Å². The van der Waals surface area contributed by atoms with E-state index in [2.05, 4.69) is 10.3 Å². The van der Waals surface area contributed by atoms with E-state index in [4.69, 9.17) is 26.0 Å². The number of aliphatic hydroxyl groups is 2. The number of amides is 1. The van der Waals surface area contributed by atoms with Crippen LogP contribution in [0.15, 0.2) is 4.99 Å². The van der Waals surface area contributed by atoms with Crippen LogP contribution in [-0.4, -0.2) is 65.7 Å². The Balaban J connectivity index is 4.65. The molecule has 0 aromatic carbocycles. The van der Waals surface area contributed by atoms with E-state index in [1.54, 1.807) is 20.8 Å². The first-order valence-corrected chi connectivity index (χ1v) is 7.55. The maximum atomic E-state index is 12.0. The molecule has 2 atom stereocenters. The second-order valence-electron chi connectivity index (χ2n) is 6.11. The minimum Gasteiger partial charge on any atom is -0.461 e. The first-order valence-electron chi connectivity index (χ1n) is 7.55. The van der Waals surface area contributed by atoms with Crippen LogP contribution in [0.1, 0.15) is 33.6 Å². The van der Waals surface area contributed by atoms with Crippen LogP contribution in [0.3, 0.4) is 0 Å². The second-order valence-corrected chi connectivity index (χ2v) is 6.11. The molecule has 10 heteroatoms. The zero-order valence-electron chi connectivity index (χ0n) is 14.3. The molecule has 1 amide bonds. The fourth-order valence-corrected chi connectivity index (χ4v) is 1.53. The molecule has 0 fully saturated rings. The number of guanidine groups is 1. The maximum Gasteiger partial charge on any atom is 0.408 e. The van der Waals surface area contributed by atoms with Gasteiger partial charge in [-0.25, -0.2) is 9.59 Å². The van der Waals surface area contributed by atoms with Crippen molar-refractivity contribution >= 4 is 18.0 Å². The number of aliphatic hydroxyl groups excluding tert-OH is 2. The van der Waals surface area contributed by atoms with Crippen molar-refractivity contribution in [2.75, 3.05) is 19.8 Å². The quantitative estimate of drug-likeness (QED) is 0.150.